The second-order valence-electron chi connectivity index (χ2n) is 5.57. The van der Waals surface area contributed by atoms with Gasteiger partial charge < -0.3 is 14.9 Å². The van der Waals surface area contributed by atoms with E-state index in [2.05, 4.69) is 25.5 Å². The van der Waals surface area contributed by atoms with E-state index in [0.717, 1.165) is 33.6 Å². The van der Waals surface area contributed by atoms with Gasteiger partial charge in [-0.2, -0.15) is 11.6 Å². The summed E-state index contributed by atoms with van der Waals surface area (Å²) in [6, 6.07) is 6.13. The molecule has 0 amide bonds. The Hall–Kier alpha value is -2.07. The third-order valence-electron chi connectivity index (χ3n) is 3.84. The summed E-state index contributed by atoms with van der Waals surface area (Å²) < 4.78 is 10.2. The van der Waals surface area contributed by atoms with Crippen LogP contribution in [0.4, 0.5) is 0 Å². The van der Waals surface area contributed by atoms with Crippen LogP contribution in [-0.4, -0.2) is 19.9 Å². The van der Waals surface area contributed by atoms with Gasteiger partial charge in [0, 0.05) is 5.57 Å². The molecule has 1 aromatic carbocycles. The molecule has 0 heterocycles. The first-order valence-electron chi connectivity index (χ1n) is 7.90. The Bertz CT molecular complexity index is 770. The SMILES string of the molecule is C=C/C(=C(\C)OC)c1ccc(C)c(C(=C)/C=C/C(=[C-]OC)C(C)=[N-])c1.[Nb+2]. The Morgan fingerprint density at radius 3 is 2.35 bits per heavy atom. The molecule has 0 atom stereocenters. The minimum atomic E-state index is 0. The van der Waals surface area contributed by atoms with Crippen molar-refractivity contribution in [3.8, 4) is 0 Å². The average Bonchev–Trinajstić information content (AvgIpc) is 2.59. The number of ether oxygens (including phenoxy) is 2. The monoisotopic (exact) mass is 428 g/mol. The van der Waals surface area contributed by atoms with Gasteiger partial charge in [-0.25, -0.2) is 0 Å². The van der Waals surface area contributed by atoms with Gasteiger partial charge in [0.15, 0.2) is 0 Å². The van der Waals surface area contributed by atoms with Crippen LogP contribution < -0.4 is 0 Å². The van der Waals surface area contributed by atoms with E-state index >= 15 is 0 Å². The number of benzene rings is 1. The maximum Gasteiger partial charge on any atom is 2.00 e. The summed E-state index contributed by atoms with van der Waals surface area (Å²) >= 11 is 0. The molecule has 0 aliphatic carbocycles. The van der Waals surface area contributed by atoms with Crippen molar-refractivity contribution < 1.29 is 31.9 Å². The number of hydrogen-bond donors (Lipinski definition) is 0. The van der Waals surface area contributed by atoms with E-state index in [1.807, 2.05) is 32.1 Å². The number of methoxy groups -OCH3 is 2. The summed E-state index contributed by atoms with van der Waals surface area (Å²) in [6.45, 7) is 13.5. The Morgan fingerprint density at radius 1 is 1.19 bits per heavy atom. The number of allylic oxidation sites excluding steroid dienone is 7. The first-order chi connectivity index (χ1) is 11.8. The molecule has 1 aromatic rings. The standard InChI is InChI=1S/C22H25NO2.Nb/c1-8-21(18(5)25-7)19-11-9-15(2)22(13-19)16(3)10-12-20(14-24-6)17(4)23;/h8-13H,1,3H2,2,4-7H3;/q-2;+2/b12-10+,21-18-;. The zero-order chi connectivity index (χ0) is 19.0. The van der Waals surface area contributed by atoms with Crippen LogP contribution in [0.3, 0.4) is 0 Å². The minimum Gasteiger partial charge on any atom is -0.876 e. The predicted molar refractivity (Wildman–Crippen MR) is 107 cm³/mol. The zero-order valence-electron chi connectivity index (χ0n) is 16.1. The van der Waals surface area contributed by atoms with Gasteiger partial charge in [0.05, 0.1) is 14.2 Å². The van der Waals surface area contributed by atoms with Crippen LogP contribution in [0.5, 0.6) is 0 Å². The summed E-state index contributed by atoms with van der Waals surface area (Å²) in [6.07, 6.45) is 7.96. The summed E-state index contributed by atoms with van der Waals surface area (Å²) in [5.41, 5.74) is 5.46. The third kappa shape index (κ3) is 6.34. The van der Waals surface area contributed by atoms with E-state index in [9.17, 15) is 5.41 Å². The van der Waals surface area contributed by atoms with E-state index in [1.165, 1.54) is 7.11 Å². The molecule has 0 bridgehead atoms. The molecule has 3 nitrogen and oxygen atoms in total. The Labute approximate surface area is 172 Å². The van der Waals surface area contributed by atoms with Crippen molar-refractivity contribution in [3.05, 3.63) is 89.3 Å². The molecule has 4 heteroatoms. The van der Waals surface area contributed by atoms with Crippen molar-refractivity contribution in [1.82, 2.24) is 0 Å². The first kappa shape index (κ1) is 23.9. The van der Waals surface area contributed by atoms with Gasteiger partial charge in [0.25, 0.3) is 0 Å². The Balaban J connectivity index is 0.00000625. The van der Waals surface area contributed by atoms with Crippen LogP contribution in [0.2, 0.25) is 0 Å². The van der Waals surface area contributed by atoms with Gasteiger partial charge in [-0.3, -0.25) is 5.71 Å². The fourth-order valence-electron chi connectivity index (χ4n) is 2.32. The molecule has 0 unspecified atom stereocenters. The second-order valence-corrected chi connectivity index (χ2v) is 5.57. The number of aryl methyl sites for hydroxylation is 1. The van der Waals surface area contributed by atoms with Crippen molar-refractivity contribution in [2.75, 3.05) is 14.2 Å². The zero-order valence-corrected chi connectivity index (χ0v) is 18.3. The van der Waals surface area contributed by atoms with Gasteiger partial charge in [-0.15, -0.1) is 13.0 Å². The molecule has 0 fully saturated rings. The van der Waals surface area contributed by atoms with Crippen LogP contribution in [0.1, 0.15) is 30.5 Å². The van der Waals surface area contributed by atoms with Crippen LogP contribution in [0.15, 0.2) is 60.9 Å². The smallest absolute Gasteiger partial charge is 0.876 e. The normalized spacial score (nSPS) is 12.1. The van der Waals surface area contributed by atoms with E-state index in [4.69, 9.17) is 9.47 Å². The summed E-state index contributed by atoms with van der Waals surface area (Å²) in [7, 11) is 3.13. The van der Waals surface area contributed by atoms with Gasteiger partial charge >= 0.3 is 22.4 Å². The molecule has 0 aliphatic heterocycles. The van der Waals surface area contributed by atoms with E-state index < -0.39 is 0 Å². The van der Waals surface area contributed by atoms with E-state index in [-0.39, 0.29) is 28.1 Å². The third-order valence-corrected chi connectivity index (χ3v) is 3.84. The summed E-state index contributed by atoms with van der Waals surface area (Å²) in [4.78, 5) is 0. The fourth-order valence-corrected chi connectivity index (χ4v) is 2.32. The molecule has 0 spiro atoms. The van der Waals surface area contributed by atoms with Crippen LogP contribution in [0.25, 0.3) is 16.6 Å². The van der Waals surface area contributed by atoms with Crippen molar-refractivity contribution >= 4 is 16.9 Å². The average molecular weight is 428 g/mol. The molecular weight excluding hydrogens is 403 g/mol. The van der Waals surface area contributed by atoms with E-state index in [1.54, 1.807) is 26.2 Å². The Morgan fingerprint density at radius 2 is 1.85 bits per heavy atom. The minimum absolute atomic E-state index is 0. The molecule has 1 radical (unpaired) electrons. The quantitative estimate of drug-likeness (QED) is 0.181. The van der Waals surface area contributed by atoms with Crippen LogP contribution in [-0.2, 0) is 31.9 Å². The number of rotatable bonds is 8. The van der Waals surface area contributed by atoms with Crippen molar-refractivity contribution in [2.24, 2.45) is 0 Å². The number of hydrogen-bond acceptors (Lipinski definition) is 2. The van der Waals surface area contributed by atoms with Gasteiger partial charge in [-0.05, 0) is 48.4 Å². The largest absolute Gasteiger partial charge is 2.00 e. The molecule has 0 aliphatic rings. The molecule has 0 saturated carbocycles. The second kappa shape index (κ2) is 11.5. The van der Waals surface area contributed by atoms with E-state index in [0.29, 0.717) is 5.57 Å². The molecule has 0 saturated heterocycles. The molecule has 26 heavy (non-hydrogen) atoms. The maximum absolute atomic E-state index is 9.64. The molecule has 1 rings (SSSR count). The molecular formula is C22H25NNbO2. The van der Waals surface area contributed by atoms with Gasteiger partial charge in [0.1, 0.15) is 5.76 Å². The number of nitrogens with zero attached hydrogens (tertiary/aromatic N) is 1. The maximum atomic E-state index is 9.64. The fraction of sp³-hybridized carbons (Fsp3) is 0.227. The van der Waals surface area contributed by atoms with Crippen LogP contribution in [0, 0.1) is 13.2 Å². The van der Waals surface area contributed by atoms with Gasteiger partial charge in [-0.1, -0.05) is 31.4 Å². The summed E-state index contributed by atoms with van der Waals surface area (Å²) in [5, 5.41) is 9.64. The Kier molecular flexibility index (Phi) is 10.6. The van der Waals surface area contributed by atoms with Crippen molar-refractivity contribution in [2.45, 2.75) is 20.8 Å². The molecule has 0 N–H and O–H groups in total. The topological polar surface area (TPSA) is 40.8 Å². The predicted octanol–water partition coefficient (Wildman–Crippen LogP) is 5.49. The first-order valence-corrected chi connectivity index (χ1v) is 7.90. The van der Waals surface area contributed by atoms with Crippen LogP contribution >= 0.6 is 0 Å². The summed E-state index contributed by atoms with van der Waals surface area (Å²) in [5.74, 6) is 0.802. The van der Waals surface area contributed by atoms with Crippen molar-refractivity contribution in [1.29, 1.82) is 0 Å². The molecule has 0 aromatic heterocycles. The van der Waals surface area contributed by atoms with Gasteiger partial charge in [0.2, 0.25) is 0 Å². The van der Waals surface area contributed by atoms with Crippen molar-refractivity contribution in [3.63, 3.8) is 0 Å². The molecule has 135 valence electrons.